The highest BCUT2D eigenvalue weighted by Crippen LogP contribution is 2.37. The lowest BCUT2D eigenvalue weighted by molar-refractivity contribution is -0.132. The van der Waals surface area contributed by atoms with Gasteiger partial charge in [0.1, 0.15) is 17.5 Å². The Morgan fingerprint density at radius 1 is 1.00 bits per heavy atom. The summed E-state index contributed by atoms with van der Waals surface area (Å²) in [6.45, 7) is 5.15. The van der Waals surface area contributed by atoms with Crippen molar-refractivity contribution in [3.8, 4) is 0 Å². The molecule has 1 aliphatic carbocycles. The van der Waals surface area contributed by atoms with Crippen molar-refractivity contribution in [3.05, 3.63) is 88.9 Å². The molecule has 1 saturated carbocycles. The molecule has 4 aliphatic rings. The number of amidine groups is 2. The minimum Gasteiger partial charge on any atom is -0.351 e. The first kappa shape index (κ1) is 26.0. The highest BCUT2D eigenvalue weighted by Gasteiger charge is 2.40. The van der Waals surface area contributed by atoms with Crippen LogP contribution in [0.25, 0.3) is 5.70 Å². The van der Waals surface area contributed by atoms with E-state index in [1.54, 1.807) is 24.3 Å². The van der Waals surface area contributed by atoms with Crippen LogP contribution in [-0.4, -0.2) is 76.4 Å². The number of nitrogens with zero attached hydrogens (tertiary/aromatic N) is 5. The summed E-state index contributed by atoms with van der Waals surface area (Å²) in [5, 5.41) is 2.80. The topological polar surface area (TPSA) is 51.5 Å². The zero-order valence-electron chi connectivity index (χ0n) is 21.8. The van der Waals surface area contributed by atoms with E-state index in [4.69, 9.17) is 4.99 Å². The molecule has 39 heavy (non-hydrogen) atoms. The number of hydrogen-bond acceptors (Lipinski definition) is 6. The van der Waals surface area contributed by atoms with Gasteiger partial charge in [-0.15, -0.1) is 0 Å². The molecule has 9 heteroatoms. The molecule has 0 N–H and O–H groups in total. The lowest BCUT2D eigenvalue weighted by Gasteiger charge is -2.42. The maximum atomic E-state index is 13.8. The van der Waals surface area contributed by atoms with E-state index in [2.05, 4.69) is 20.9 Å². The normalized spacial score (nSPS) is 22.9. The van der Waals surface area contributed by atoms with Gasteiger partial charge in [0.2, 0.25) is 5.91 Å². The Hall–Kier alpha value is -3.30. The molecule has 2 aromatic carbocycles. The van der Waals surface area contributed by atoms with E-state index < -0.39 is 0 Å². The summed E-state index contributed by atoms with van der Waals surface area (Å²) in [5.41, 5.74) is 2.43. The van der Waals surface area contributed by atoms with Gasteiger partial charge in [-0.25, -0.2) is 13.8 Å². The third-order valence-corrected chi connectivity index (χ3v) is 8.47. The number of carbonyl (C=O) groups excluding carboxylic acids is 1. The van der Waals surface area contributed by atoms with Crippen LogP contribution in [0.3, 0.4) is 0 Å². The summed E-state index contributed by atoms with van der Waals surface area (Å²) in [4.78, 5) is 29.3. The molecule has 2 fully saturated rings. The molecule has 3 aliphatic heterocycles. The fourth-order valence-corrected chi connectivity index (χ4v) is 6.34. The Morgan fingerprint density at radius 2 is 1.69 bits per heavy atom. The Labute approximate surface area is 231 Å². The van der Waals surface area contributed by atoms with Crippen molar-refractivity contribution in [2.75, 3.05) is 32.7 Å². The summed E-state index contributed by atoms with van der Waals surface area (Å²) in [6, 6.07) is 13.0. The molecule has 6 rings (SSSR count). The van der Waals surface area contributed by atoms with Crippen LogP contribution < -0.4 is 0 Å². The van der Waals surface area contributed by atoms with Crippen molar-refractivity contribution in [2.24, 2.45) is 15.9 Å². The van der Waals surface area contributed by atoms with E-state index in [-0.39, 0.29) is 29.6 Å². The van der Waals surface area contributed by atoms with Gasteiger partial charge in [-0.3, -0.25) is 19.6 Å². The van der Waals surface area contributed by atoms with Gasteiger partial charge >= 0.3 is 0 Å². The lowest BCUT2D eigenvalue weighted by Crippen LogP contribution is -2.58. The SMILES string of the molecule is CC1C=CSC(N2CCN(C(CN3CC=C(c4ccc(F)cc4)N=C3c3ccc(F)cc3)C3CC3)CC2=O)=N1. The maximum Gasteiger partial charge on any atom is 0.242 e. The summed E-state index contributed by atoms with van der Waals surface area (Å²) in [7, 11) is 0. The summed E-state index contributed by atoms with van der Waals surface area (Å²) < 4.78 is 27.3. The van der Waals surface area contributed by atoms with Gasteiger partial charge in [-0.2, -0.15) is 0 Å². The molecule has 1 saturated heterocycles. The van der Waals surface area contributed by atoms with E-state index >= 15 is 0 Å². The zero-order valence-corrected chi connectivity index (χ0v) is 22.7. The molecular formula is C30H31F2N5OS. The van der Waals surface area contributed by atoms with Gasteiger partial charge in [0.25, 0.3) is 0 Å². The van der Waals surface area contributed by atoms with Crippen molar-refractivity contribution in [3.63, 3.8) is 0 Å². The van der Waals surface area contributed by atoms with Gasteiger partial charge in [0.15, 0.2) is 5.17 Å². The van der Waals surface area contributed by atoms with E-state index in [1.165, 1.54) is 36.0 Å². The molecule has 0 spiro atoms. The lowest BCUT2D eigenvalue weighted by atomic mass is 10.0. The van der Waals surface area contributed by atoms with E-state index in [0.717, 1.165) is 53.8 Å². The first-order valence-electron chi connectivity index (χ1n) is 13.5. The summed E-state index contributed by atoms with van der Waals surface area (Å²) in [5.74, 6) is 0.799. The third kappa shape index (κ3) is 5.84. The number of rotatable bonds is 6. The van der Waals surface area contributed by atoms with Gasteiger partial charge < -0.3 is 4.90 Å². The fourth-order valence-electron chi connectivity index (χ4n) is 5.36. The second-order valence-electron chi connectivity index (χ2n) is 10.5. The summed E-state index contributed by atoms with van der Waals surface area (Å²) >= 11 is 1.51. The first-order valence-corrected chi connectivity index (χ1v) is 14.3. The second kappa shape index (κ2) is 11.1. The highest BCUT2D eigenvalue weighted by atomic mass is 32.2. The standard InChI is InChI=1S/C30H31F2N5OS/c1-20-13-17-39-30(33-20)37-16-15-35(19-28(37)38)27(22-2-3-22)18-36-14-12-26(21-4-8-24(31)9-5-21)34-29(36)23-6-10-25(32)11-7-23/h4-13,17,20,22,27H,2-3,14-16,18-19H2,1H3. The van der Waals surface area contributed by atoms with Crippen molar-refractivity contribution >= 4 is 34.4 Å². The Kier molecular flexibility index (Phi) is 7.36. The van der Waals surface area contributed by atoms with E-state index in [0.29, 0.717) is 25.6 Å². The fraction of sp³-hybridized carbons (Fsp3) is 0.367. The van der Waals surface area contributed by atoms with Crippen molar-refractivity contribution in [2.45, 2.75) is 31.8 Å². The monoisotopic (exact) mass is 547 g/mol. The predicted octanol–water partition coefficient (Wildman–Crippen LogP) is 5.00. The van der Waals surface area contributed by atoms with Gasteiger partial charge in [0.05, 0.1) is 18.3 Å². The van der Waals surface area contributed by atoms with Crippen LogP contribution in [0.15, 0.2) is 76.1 Å². The van der Waals surface area contributed by atoms with Gasteiger partial charge in [-0.05, 0) is 85.7 Å². The third-order valence-electron chi connectivity index (χ3n) is 7.64. The number of benzene rings is 2. The minimum atomic E-state index is -0.297. The molecule has 202 valence electrons. The average molecular weight is 548 g/mol. The molecule has 0 aromatic heterocycles. The van der Waals surface area contributed by atoms with Crippen molar-refractivity contribution < 1.29 is 13.6 Å². The largest absolute Gasteiger partial charge is 0.351 e. The Morgan fingerprint density at radius 3 is 2.33 bits per heavy atom. The molecular weight excluding hydrogens is 516 g/mol. The molecule has 6 nitrogen and oxygen atoms in total. The molecule has 0 bridgehead atoms. The quantitative estimate of drug-likeness (QED) is 0.511. The molecule has 1 amide bonds. The molecule has 2 unspecified atom stereocenters. The number of carbonyl (C=O) groups is 1. The number of halogens is 2. The number of amides is 1. The maximum absolute atomic E-state index is 13.8. The van der Waals surface area contributed by atoms with Crippen LogP contribution in [0.4, 0.5) is 8.78 Å². The first-order chi connectivity index (χ1) is 18.9. The van der Waals surface area contributed by atoms with Crippen LogP contribution in [0, 0.1) is 17.6 Å². The van der Waals surface area contributed by atoms with Crippen molar-refractivity contribution in [1.82, 2.24) is 14.7 Å². The number of thioether (sulfide) groups is 1. The van der Waals surface area contributed by atoms with Crippen molar-refractivity contribution in [1.29, 1.82) is 0 Å². The minimum absolute atomic E-state index is 0.0856. The van der Waals surface area contributed by atoms with Crippen LogP contribution in [0.2, 0.25) is 0 Å². The second-order valence-corrected chi connectivity index (χ2v) is 11.3. The Balaban J connectivity index is 1.22. The number of hydrogen-bond donors (Lipinski definition) is 0. The Bertz CT molecular complexity index is 1350. The van der Waals surface area contributed by atoms with E-state index in [1.807, 2.05) is 23.3 Å². The zero-order chi connectivity index (χ0) is 26.9. The predicted molar refractivity (Wildman–Crippen MR) is 152 cm³/mol. The summed E-state index contributed by atoms with van der Waals surface area (Å²) in [6.07, 6.45) is 6.39. The number of piperazine rings is 1. The van der Waals surface area contributed by atoms with Crippen LogP contribution >= 0.6 is 11.8 Å². The smallest absolute Gasteiger partial charge is 0.242 e. The number of aliphatic imine (C=N–C) groups is 2. The molecule has 0 radical (unpaired) electrons. The molecule has 3 heterocycles. The van der Waals surface area contributed by atoms with Crippen LogP contribution in [-0.2, 0) is 4.79 Å². The van der Waals surface area contributed by atoms with Gasteiger partial charge in [0, 0.05) is 43.3 Å². The van der Waals surface area contributed by atoms with E-state index in [9.17, 15) is 13.6 Å². The highest BCUT2D eigenvalue weighted by molar-refractivity contribution is 8.16. The van der Waals surface area contributed by atoms with Crippen LogP contribution in [0.1, 0.15) is 30.9 Å². The molecule has 2 atom stereocenters. The molecule has 2 aromatic rings. The van der Waals surface area contributed by atoms with Crippen LogP contribution in [0.5, 0.6) is 0 Å². The van der Waals surface area contributed by atoms with Gasteiger partial charge in [-0.1, -0.05) is 17.8 Å². The average Bonchev–Trinajstić information content (AvgIpc) is 3.78.